The maximum Gasteiger partial charge on any atom is 0.312 e. The minimum Gasteiger partial charge on any atom is -0.488 e. The number of amides is 2. The Morgan fingerprint density at radius 2 is 1.90 bits per heavy atom. The summed E-state index contributed by atoms with van der Waals surface area (Å²) in [6, 6.07) is 11.6. The van der Waals surface area contributed by atoms with E-state index in [1.54, 1.807) is 6.20 Å². The van der Waals surface area contributed by atoms with Crippen LogP contribution in [0.15, 0.2) is 55.0 Å². The monoisotopic (exact) mass is 407 g/mol. The van der Waals surface area contributed by atoms with Crippen molar-refractivity contribution in [2.45, 2.75) is 18.9 Å². The van der Waals surface area contributed by atoms with Crippen LogP contribution < -0.4 is 26.0 Å². The van der Waals surface area contributed by atoms with Gasteiger partial charge >= 0.3 is 6.03 Å². The second kappa shape index (κ2) is 8.54. The van der Waals surface area contributed by atoms with Gasteiger partial charge in [-0.3, -0.25) is 9.47 Å². The highest BCUT2D eigenvalue weighted by Gasteiger charge is 2.36. The number of nitrogens with zero attached hydrogens (tertiary/aromatic N) is 3. The van der Waals surface area contributed by atoms with E-state index in [0.717, 1.165) is 53.5 Å². The van der Waals surface area contributed by atoms with E-state index in [1.807, 2.05) is 36.7 Å². The number of piperidine rings is 1. The first kappa shape index (κ1) is 19.9. The van der Waals surface area contributed by atoms with Crippen molar-refractivity contribution in [3.63, 3.8) is 0 Å². The van der Waals surface area contributed by atoms with Gasteiger partial charge in [-0.05, 0) is 23.6 Å². The number of hydrogen-bond acceptors (Lipinski definition) is 5. The van der Waals surface area contributed by atoms with Gasteiger partial charge in [-0.25, -0.2) is 9.78 Å². The van der Waals surface area contributed by atoms with E-state index in [9.17, 15) is 4.79 Å². The molecule has 8 nitrogen and oxygen atoms in total. The SMILES string of the molecule is NC(=O)NC1CC[N+](CCOc2ccc3ccnc(N)c3c2)(c2ccncc2)CC1. The zero-order chi connectivity index (χ0) is 21.0. The maximum atomic E-state index is 11.2. The number of nitrogens with one attached hydrogen (secondary N) is 1. The number of nitrogens with two attached hydrogens (primary N) is 2. The van der Waals surface area contributed by atoms with Crippen molar-refractivity contribution in [1.82, 2.24) is 19.8 Å². The summed E-state index contributed by atoms with van der Waals surface area (Å²) in [5.41, 5.74) is 12.5. The molecule has 1 fully saturated rings. The molecule has 0 atom stereocenters. The Balaban J connectivity index is 1.47. The summed E-state index contributed by atoms with van der Waals surface area (Å²) in [7, 11) is 0. The zero-order valence-corrected chi connectivity index (χ0v) is 16.8. The predicted molar refractivity (Wildman–Crippen MR) is 118 cm³/mol. The number of carbonyl (C=O) groups excluding carboxylic acids is 1. The maximum absolute atomic E-state index is 11.2. The van der Waals surface area contributed by atoms with Gasteiger partial charge in [0.15, 0.2) is 0 Å². The minimum absolute atomic E-state index is 0.118. The first-order valence-electron chi connectivity index (χ1n) is 10.2. The topological polar surface area (TPSA) is 116 Å². The van der Waals surface area contributed by atoms with Gasteiger partial charge in [0.05, 0.1) is 13.1 Å². The molecule has 0 aliphatic carbocycles. The smallest absolute Gasteiger partial charge is 0.312 e. The Bertz CT molecular complexity index is 1020. The van der Waals surface area contributed by atoms with Crippen LogP contribution in [0.5, 0.6) is 5.75 Å². The van der Waals surface area contributed by atoms with Crippen LogP contribution in [0.2, 0.25) is 0 Å². The number of urea groups is 1. The van der Waals surface area contributed by atoms with Gasteiger partial charge in [0, 0.05) is 55.0 Å². The van der Waals surface area contributed by atoms with Crippen molar-refractivity contribution >= 4 is 28.3 Å². The third kappa shape index (κ3) is 4.28. The summed E-state index contributed by atoms with van der Waals surface area (Å²) in [5.74, 6) is 1.28. The molecule has 1 saturated heterocycles. The number of aromatic nitrogens is 2. The average Bonchev–Trinajstić information content (AvgIpc) is 2.76. The van der Waals surface area contributed by atoms with Crippen molar-refractivity contribution in [2.24, 2.45) is 5.73 Å². The van der Waals surface area contributed by atoms with Gasteiger partial charge < -0.3 is 21.5 Å². The molecule has 30 heavy (non-hydrogen) atoms. The van der Waals surface area contributed by atoms with Crippen LogP contribution in [-0.4, -0.2) is 48.3 Å². The van der Waals surface area contributed by atoms with E-state index in [0.29, 0.717) is 12.4 Å². The number of anilines is 1. The number of pyridine rings is 2. The van der Waals surface area contributed by atoms with E-state index in [-0.39, 0.29) is 6.04 Å². The summed E-state index contributed by atoms with van der Waals surface area (Å²) in [6.07, 6.45) is 7.08. The van der Waals surface area contributed by atoms with Gasteiger partial charge in [0.25, 0.3) is 0 Å². The number of carbonyl (C=O) groups is 1. The molecule has 2 aromatic heterocycles. The Morgan fingerprint density at radius 1 is 1.13 bits per heavy atom. The number of hydrogen-bond donors (Lipinski definition) is 3. The van der Waals surface area contributed by atoms with Crippen LogP contribution in [0.4, 0.5) is 16.3 Å². The number of fused-ring (bicyclic) bond motifs is 1. The summed E-state index contributed by atoms with van der Waals surface area (Å²) in [4.78, 5) is 19.5. The van der Waals surface area contributed by atoms with Crippen LogP contribution in [0.25, 0.3) is 10.8 Å². The van der Waals surface area contributed by atoms with E-state index >= 15 is 0 Å². The van der Waals surface area contributed by atoms with Gasteiger partial charge in [0.2, 0.25) is 0 Å². The second-order valence-corrected chi connectivity index (χ2v) is 7.73. The van der Waals surface area contributed by atoms with Crippen molar-refractivity contribution in [1.29, 1.82) is 0 Å². The molecule has 1 aromatic carbocycles. The second-order valence-electron chi connectivity index (χ2n) is 7.73. The van der Waals surface area contributed by atoms with E-state index < -0.39 is 6.03 Å². The van der Waals surface area contributed by atoms with Gasteiger partial charge in [-0.2, -0.15) is 0 Å². The summed E-state index contributed by atoms with van der Waals surface area (Å²) >= 11 is 0. The Morgan fingerprint density at radius 3 is 2.63 bits per heavy atom. The molecule has 0 unspecified atom stereocenters. The first-order valence-corrected chi connectivity index (χ1v) is 10.2. The number of likely N-dealkylation sites (tertiary alicyclic amines) is 1. The Hall–Kier alpha value is -3.39. The summed E-state index contributed by atoms with van der Waals surface area (Å²) in [6.45, 7) is 3.16. The van der Waals surface area contributed by atoms with Crippen molar-refractivity contribution in [3.05, 3.63) is 55.0 Å². The summed E-state index contributed by atoms with van der Waals surface area (Å²) < 4.78 is 6.89. The number of primary amides is 1. The Labute approximate surface area is 175 Å². The van der Waals surface area contributed by atoms with Crippen LogP contribution in [0.1, 0.15) is 12.8 Å². The Kier molecular flexibility index (Phi) is 5.67. The highest BCUT2D eigenvalue weighted by Crippen LogP contribution is 2.29. The number of nitrogen functional groups attached to an aromatic ring is 1. The van der Waals surface area contributed by atoms with E-state index in [4.69, 9.17) is 16.2 Å². The number of rotatable bonds is 6. The quantitative estimate of drug-likeness (QED) is 0.543. The molecule has 0 saturated carbocycles. The molecule has 3 aromatic rings. The minimum atomic E-state index is -0.461. The molecule has 4 rings (SSSR count). The van der Waals surface area contributed by atoms with Crippen LogP contribution in [-0.2, 0) is 0 Å². The van der Waals surface area contributed by atoms with Gasteiger partial charge in [-0.1, -0.05) is 6.07 Å². The fourth-order valence-electron chi connectivity index (χ4n) is 4.28. The first-order chi connectivity index (χ1) is 14.6. The third-order valence-electron chi connectivity index (χ3n) is 5.92. The molecule has 3 heterocycles. The van der Waals surface area contributed by atoms with Crippen LogP contribution in [0, 0.1) is 0 Å². The van der Waals surface area contributed by atoms with Crippen molar-refractivity contribution in [3.8, 4) is 5.75 Å². The lowest BCUT2D eigenvalue weighted by Gasteiger charge is -2.43. The molecule has 0 radical (unpaired) electrons. The fraction of sp³-hybridized carbons (Fsp3) is 0.318. The number of ether oxygens (including phenoxy) is 1. The number of benzene rings is 1. The molecular weight excluding hydrogens is 380 g/mol. The predicted octanol–water partition coefficient (Wildman–Crippen LogP) is 2.43. The normalized spacial score (nSPS) is 21.3. The molecule has 0 bridgehead atoms. The van der Waals surface area contributed by atoms with E-state index in [1.165, 1.54) is 5.69 Å². The lowest BCUT2D eigenvalue weighted by Crippen LogP contribution is -2.59. The molecule has 0 spiro atoms. The summed E-state index contributed by atoms with van der Waals surface area (Å²) in [5, 5.41) is 4.78. The highest BCUT2D eigenvalue weighted by atomic mass is 16.5. The lowest BCUT2D eigenvalue weighted by molar-refractivity contribution is 0.167. The molecular formula is C22H27N6O2+. The molecule has 5 N–H and O–H groups in total. The third-order valence-corrected chi connectivity index (χ3v) is 5.92. The van der Waals surface area contributed by atoms with Gasteiger partial charge in [0.1, 0.15) is 30.4 Å². The zero-order valence-electron chi connectivity index (χ0n) is 16.8. The molecule has 8 heteroatoms. The van der Waals surface area contributed by atoms with Crippen molar-refractivity contribution in [2.75, 3.05) is 32.0 Å². The van der Waals surface area contributed by atoms with Gasteiger partial charge in [-0.15, -0.1) is 0 Å². The molecule has 1 aliphatic heterocycles. The molecule has 2 amide bonds. The highest BCUT2D eigenvalue weighted by molar-refractivity contribution is 5.91. The molecule has 1 aliphatic rings. The standard InChI is InChI=1S/C22H26N6O2/c23-21-20-15-19(2-1-16(20)3-10-26-21)30-14-13-28(18-4-8-25-9-5-18)11-6-17(7-12-28)27-22(24)29/h1-5,8-10,15,17H,6-7,11-14H2,(H4-,23,24,26,27,29)/p+1. The largest absolute Gasteiger partial charge is 0.488 e. The molecule has 156 valence electrons. The van der Waals surface area contributed by atoms with Crippen LogP contribution >= 0.6 is 0 Å². The van der Waals surface area contributed by atoms with E-state index in [2.05, 4.69) is 27.4 Å². The lowest BCUT2D eigenvalue weighted by atomic mass is 10.0. The fourth-order valence-corrected chi connectivity index (χ4v) is 4.28. The van der Waals surface area contributed by atoms with Crippen LogP contribution in [0.3, 0.4) is 0 Å². The number of quaternary nitrogens is 1. The average molecular weight is 407 g/mol. The van der Waals surface area contributed by atoms with Crippen molar-refractivity contribution < 1.29 is 9.53 Å².